The fraction of sp³-hybridized carbons (Fsp3) is 0.385. The Morgan fingerprint density at radius 2 is 2.00 bits per heavy atom. The number of H-pyrrole nitrogens is 1. The Balaban J connectivity index is 1.44. The maximum absolute atomic E-state index is 6.20. The van der Waals surface area contributed by atoms with E-state index >= 15 is 0 Å². The molecule has 30 heavy (non-hydrogen) atoms. The maximum Gasteiger partial charge on any atom is 0.134 e. The standard InChI is InChI=1S/C26H30N2OS/c1-26(2,3)29-24-8-4-5-9-25(24)30-20-10-11-23-21(16-20)22(17-27-23)18-12-14-28-13-6-7-19(28)15-18/h4-5,8-12,16-17,19,27H,6-7,13-15H2,1-3H3. The van der Waals surface area contributed by atoms with Crippen LogP contribution in [0.15, 0.2) is 64.5 Å². The van der Waals surface area contributed by atoms with Crippen molar-refractivity contribution in [2.24, 2.45) is 0 Å². The quantitative estimate of drug-likeness (QED) is 0.508. The monoisotopic (exact) mass is 418 g/mol. The van der Waals surface area contributed by atoms with Gasteiger partial charge in [-0.25, -0.2) is 0 Å². The smallest absolute Gasteiger partial charge is 0.134 e. The van der Waals surface area contributed by atoms with Gasteiger partial charge in [-0.3, -0.25) is 4.90 Å². The molecule has 1 N–H and O–H groups in total. The van der Waals surface area contributed by atoms with Crippen LogP contribution in [-0.4, -0.2) is 34.6 Å². The molecule has 3 nitrogen and oxygen atoms in total. The molecular weight excluding hydrogens is 388 g/mol. The molecule has 2 aromatic carbocycles. The van der Waals surface area contributed by atoms with E-state index < -0.39 is 0 Å². The highest BCUT2D eigenvalue weighted by Crippen LogP contribution is 2.40. The normalized spacial score (nSPS) is 19.7. The van der Waals surface area contributed by atoms with Crippen molar-refractivity contribution < 1.29 is 4.74 Å². The number of fused-ring (bicyclic) bond motifs is 2. The highest BCUT2D eigenvalue weighted by Gasteiger charge is 2.28. The molecule has 0 bridgehead atoms. The third kappa shape index (κ3) is 4.03. The maximum atomic E-state index is 6.20. The molecule has 1 saturated heterocycles. The summed E-state index contributed by atoms with van der Waals surface area (Å²) < 4.78 is 6.20. The third-order valence-electron chi connectivity index (χ3n) is 6.02. The summed E-state index contributed by atoms with van der Waals surface area (Å²) in [5.41, 5.74) is 3.88. The first-order valence-corrected chi connectivity index (χ1v) is 11.8. The van der Waals surface area contributed by atoms with Gasteiger partial charge in [0.15, 0.2) is 0 Å². The molecular formula is C26H30N2OS. The van der Waals surface area contributed by atoms with E-state index in [0.717, 1.165) is 23.2 Å². The summed E-state index contributed by atoms with van der Waals surface area (Å²) in [6.45, 7) is 8.64. The van der Waals surface area contributed by atoms with Crippen LogP contribution in [0.5, 0.6) is 5.75 Å². The molecule has 156 valence electrons. The third-order valence-corrected chi connectivity index (χ3v) is 7.07. The zero-order valence-electron chi connectivity index (χ0n) is 18.1. The van der Waals surface area contributed by atoms with Crippen LogP contribution in [0.1, 0.15) is 45.6 Å². The lowest BCUT2D eigenvalue weighted by Gasteiger charge is -2.29. The topological polar surface area (TPSA) is 28.3 Å². The first-order valence-electron chi connectivity index (χ1n) is 11.0. The van der Waals surface area contributed by atoms with Crippen LogP contribution in [0, 0.1) is 0 Å². The minimum atomic E-state index is -0.212. The molecule has 2 aliphatic heterocycles. The predicted octanol–water partition coefficient (Wildman–Crippen LogP) is 6.75. The first-order chi connectivity index (χ1) is 14.5. The number of hydrogen-bond donors (Lipinski definition) is 1. The number of ether oxygens (including phenoxy) is 1. The van der Waals surface area contributed by atoms with E-state index in [4.69, 9.17) is 4.74 Å². The van der Waals surface area contributed by atoms with E-state index in [2.05, 4.69) is 79.3 Å². The fourth-order valence-corrected chi connectivity index (χ4v) is 5.58. The summed E-state index contributed by atoms with van der Waals surface area (Å²) in [5.74, 6) is 0.945. The molecule has 1 fully saturated rings. The number of nitrogens with one attached hydrogen (secondary N) is 1. The molecule has 0 radical (unpaired) electrons. The summed E-state index contributed by atoms with van der Waals surface area (Å²) in [6.07, 6.45) is 8.50. The lowest BCUT2D eigenvalue weighted by molar-refractivity contribution is 0.127. The van der Waals surface area contributed by atoms with Gasteiger partial charge in [0.05, 0.1) is 4.90 Å². The Labute approximate surface area is 183 Å². The highest BCUT2D eigenvalue weighted by molar-refractivity contribution is 7.99. The molecule has 0 amide bonds. The summed E-state index contributed by atoms with van der Waals surface area (Å²) >= 11 is 1.78. The van der Waals surface area contributed by atoms with Crippen LogP contribution in [0.4, 0.5) is 0 Å². The van der Waals surface area contributed by atoms with Crippen molar-refractivity contribution in [3.63, 3.8) is 0 Å². The van der Waals surface area contributed by atoms with Gasteiger partial charge in [-0.2, -0.15) is 0 Å². The van der Waals surface area contributed by atoms with Gasteiger partial charge < -0.3 is 9.72 Å². The summed E-state index contributed by atoms with van der Waals surface area (Å²) in [7, 11) is 0. The van der Waals surface area contributed by atoms with Gasteiger partial charge in [-0.05, 0) is 82.5 Å². The molecule has 1 aromatic heterocycles. The lowest BCUT2D eigenvalue weighted by Crippen LogP contribution is -2.32. The fourth-order valence-electron chi connectivity index (χ4n) is 4.66. The SMILES string of the molecule is CC(C)(C)Oc1ccccc1Sc1ccc2[nH]cc(C3=CCN4CCCC4C3)c2c1. The molecule has 0 aliphatic carbocycles. The van der Waals surface area contributed by atoms with Crippen molar-refractivity contribution in [3.05, 3.63) is 60.3 Å². The van der Waals surface area contributed by atoms with Crippen LogP contribution in [0.25, 0.3) is 16.5 Å². The Morgan fingerprint density at radius 1 is 1.13 bits per heavy atom. The minimum absolute atomic E-state index is 0.212. The largest absolute Gasteiger partial charge is 0.487 e. The Hall–Kier alpha value is -2.17. The van der Waals surface area contributed by atoms with Crippen molar-refractivity contribution in [3.8, 4) is 5.75 Å². The molecule has 5 rings (SSSR count). The van der Waals surface area contributed by atoms with Crippen molar-refractivity contribution in [1.29, 1.82) is 0 Å². The van der Waals surface area contributed by atoms with Crippen LogP contribution >= 0.6 is 11.8 Å². The number of rotatable bonds is 4. The second-order valence-corrected chi connectivity index (χ2v) is 10.5. The van der Waals surface area contributed by atoms with E-state index in [1.807, 2.05) is 6.07 Å². The van der Waals surface area contributed by atoms with Crippen molar-refractivity contribution >= 4 is 28.2 Å². The molecule has 1 atom stereocenters. The molecule has 0 saturated carbocycles. The van der Waals surface area contributed by atoms with Gasteiger partial charge in [-0.15, -0.1) is 0 Å². The van der Waals surface area contributed by atoms with Crippen molar-refractivity contribution in [1.82, 2.24) is 9.88 Å². The minimum Gasteiger partial charge on any atom is -0.487 e. The van der Waals surface area contributed by atoms with Gasteiger partial charge in [-0.1, -0.05) is 30.0 Å². The van der Waals surface area contributed by atoms with Crippen LogP contribution in [0.2, 0.25) is 0 Å². The van der Waals surface area contributed by atoms with Gasteiger partial charge >= 0.3 is 0 Å². The molecule has 2 aliphatic rings. The second kappa shape index (κ2) is 7.82. The average Bonchev–Trinajstić information content (AvgIpc) is 3.34. The molecule has 1 unspecified atom stereocenters. The van der Waals surface area contributed by atoms with E-state index in [9.17, 15) is 0 Å². The molecule has 3 aromatic rings. The van der Waals surface area contributed by atoms with E-state index in [0.29, 0.717) is 0 Å². The van der Waals surface area contributed by atoms with Gasteiger partial charge in [0.25, 0.3) is 0 Å². The number of hydrogen-bond acceptors (Lipinski definition) is 3. The van der Waals surface area contributed by atoms with Crippen molar-refractivity contribution in [2.45, 2.75) is 61.5 Å². The number of benzene rings is 2. The van der Waals surface area contributed by atoms with Gasteiger partial charge in [0.1, 0.15) is 11.4 Å². The summed E-state index contributed by atoms with van der Waals surface area (Å²) in [4.78, 5) is 8.52. The van der Waals surface area contributed by atoms with E-state index in [1.54, 1.807) is 11.8 Å². The second-order valence-electron chi connectivity index (χ2n) is 9.40. The molecule has 4 heteroatoms. The van der Waals surface area contributed by atoms with Crippen LogP contribution in [-0.2, 0) is 0 Å². The summed E-state index contributed by atoms with van der Waals surface area (Å²) in [5, 5.41) is 1.33. The van der Waals surface area contributed by atoms with E-state index in [-0.39, 0.29) is 5.60 Å². The van der Waals surface area contributed by atoms with Gasteiger partial charge in [0.2, 0.25) is 0 Å². The summed E-state index contributed by atoms with van der Waals surface area (Å²) in [6, 6.07) is 15.8. The number of aromatic amines is 1. The van der Waals surface area contributed by atoms with Gasteiger partial charge in [0, 0.05) is 40.1 Å². The molecule has 0 spiro atoms. The zero-order valence-corrected chi connectivity index (χ0v) is 18.9. The molecule has 3 heterocycles. The average molecular weight is 419 g/mol. The number of aromatic nitrogens is 1. The Morgan fingerprint density at radius 3 is 2.87 bits per heavy atom. The van der Waals surface area contributed by atoms with Crippen LogP contribution in [0.3, 0.4) is 0 Å². The number of nitrogens with zero attached hydrogens (tertiary/aromatic N) is 1. The van der Waals surface area contributed by atoms with Crippen molar-refractivity contribution in [2.75, 3.05) is 13.1 Å². The Kier molecular flexibility index (Phi) is 5.16. The first kappa shape index (κ1) is 19.8. The lowest BCUT2D eigenvalue weighted by atomic mass is 9.94. The van der Waals surface area contributed by atoms with Crippen LogP contribution < -0.4 is 4.74 Å². The van der Waals surface area contributed by atoms with E-state index in [1.165, 1.54) is 52.7 Å². The zero-order chi connectivity index (χ0) is 20.7. The number of para-hydroxylation sites is 1. The highest BCUT2D eigenvalue weighted by atomic mass is 32.2. The Bertz CT molecular complexity index is 1090. The predicted molar refractivity (Wildman–Crippen MR) is 126 cm³/mol.